The number of aliphatic carboxylic acids is 1. The second-order valence-corrected chi connectivity index (χ2v) is 15.8. The lowest BCUT2D eigenvalue weighted by atomic mass is 9.65. The molecule has 14 heteroatoms. The van der Waals surface area contributed by atoms with Gasteiger partial charge in [0.15, 0.2) is 5.92 Å². The van der Waals surface area contributed by atoms with Gasteiger partial charge in [-0.3, -0.25) is 28.9 Å². The Morgan fingerprint density at radius 2 is 1.38 bits per heavy atom. The molecule has 0 radical (unpaired) electrons. The average Bonchev–Trinajstić information content (AvgIpc) is 3.77. The molecular formula is C50H43N3O11. The van der Waals surface area contributed by atoms with Gasteiger partial charge in [-0.05, 0) is 65.1 Å². The number of aromatic hydroxyl groups is 1. The zero-order chi connectivity index (χ0) is 45.3. The first-order valence-electron chi connectivity index (χ1n) is 20.5. The van der Waals surface area contributed by atoms with E-state index in [2.05, 4.69) is 17.2 Å². The average molecular weight is 862 g/mol. The number of carboxylic acids is 1. The predicted molar refractivity (Wildman–Crippen MR) is 230 cm³/mol. The van der Waals surface area contributed by atoms with Crippen LogP contribution in [0.1, 0.15) is 71.0 Å². The van der Waals surface area contributed by atoms with Gasteiger partial charge >= 0.3 is 29.9 Å². The van der Waals surface area contributed by atoms with Crippen LogP contribution in [0.4, 0.5) is 10.5 Å². The van der Waals surface area contributed by atoms with Crippen LogP contribution in [-0.4, -0.2) is 71.2 Å². The minimum absolute atomic E-state index is 0.0504. The Hall–Kier alpha value is -7.76. The number of hydrogen-bond donors (Lipinski definition) is 3. The number of cyclic esters (lactones) is 1. The molecule has 1 spiro atoms. The van der Waals surface area contributed by atoms with Gasteiger partial charge in [0.25, 0.3) is 0 Å². The number of carbonyl (C=O) groups is 6. The lowest BCUT2D eigenvalue weighted by molar-refractivity contribution is -0.179. The summed E-state index contributed by atoms with van der Waals surface area (Å²) in [5.41, 5.74) is 0.501. The molecule has 0 aromatic heterocycles. The number of hydrogen-bond acceptors (Lipinski definition) is 11. The first kappa shape index (κ1) is 42.9. The van der Waals surface area contributed by atoms with Crippen molar-refractivity contribution in [1.29, 1.82) is 0 Å². The molecule has 64 heavy (non-hydrogen) atoms. The van der Waals surface area contributed by atoms with Crippen molar-refractivity contribution in [3.8, 4) is 17.6 Å². The maximum atomic E-state index is 16.0. The number of fused-ring (bicyclic) bond motifs is 3. The monoisotopic (exact) mass is 861 g/mol. The van der Waals surface area contributed by atoms with Gasteiger partial charge in [0, 0.05) is 12.0 Å². The number of carboxylic acid groups (broad SMARTS) is 1. The third-order valence-corrected chi connectivity index (χ3v) is 12.3. The molecule has 3 aliphatic rings. The van der Waals surface area contributed by atoms with Crippen molar-refractivity contribution in [2.45, 2.75) is 49.0 Å². The van der Waals surface area contributed by atoms with Gasteiger partial charge in [0.05, 0.1) is 38.0 Å². The Bertz CT molecular complexity index is 2670. The van der Waals surface area contributed by atoms with E-state index in [1.54, 1.807) is 48.2 Å². The van der Waals surface area contributed by atoms with Crippen molar-refractivity contribution in [1.82, 2.24) is 10.2 Å². The molecule has 3 amide bonds. The summed E-state index contributed by atoms with van der Waals surface area (Å²) < 4.78 is 15.9. The van der Waals surface area contributed by atoms with Crippen molar-refractivity contribution in [2.24, 2.45) is 11.8 Å². The van der Waals surface area contributed by atoms with Crippen molar-refractivity contribution in [3.05, 3.63) is 167 Å². The normalized spacial score (nSPS) is 22.7. The minimum atomic E-state index is -2.24. The number of ether oxygens (including phenoxy) is 3. The van der Waals surface area contributed by atoms with Crippen LogP contribution in [-0.2, 0) is 43.6 Å². The summed E-state index contributed by atoms with van der Waals surface area (Å²) >= 11 is 0. The van der Waals surface area contributed by atoms with Gasteiger partial charge in [0.1, 0.15) is 29.2 Å². The quantitative estimate of drug-likeness (QED) is 0.0649. The van der Waals surface area contributed by atoms with E-state index in [0.29, 0.717) is 16.7 Å². The highest BCUT2D eigenvalue weighted by Gasteiger charge is 2.76. The lowest BCUT2D eigenvalue weighted by Gasteiger charge is -2.46. The molecule has 7 atom stereocenters. The van der Waals surface area contributed by atoms with Crippen LogP contribution >= 0.6 is 0 Å². The largest absolute Gasteiger partial charge is 0.508 e. The molecule has 14 nitrogen and oxygen atoms in total. The number of rotatable bonds is 9. The fourth-order valence-electron chi connectivity index (χ4n) is 9.50. The maximum absolute atomic E-state index is 16.0. The van der Waals surface area contributed by atoms with Crippen LogP contribution < -0.4 is 10.2 Å². The Balaban J connectivity index is 1.39. The number of methoxy groups -OCH3 is 2. The summed E-state index contributed by atoms with van der Waals surface area (Å²) in [5.74, 6) is -2.61. The number of carbonyl (C=O) groups excluding carboxylic acids is 5. The molecule has 5 aromatic rings. The van der Waals surface area contributed by atoms with Crippen LogP contribution in [0.2, 0.25) is 0 Å². The summed E-state index contributed by atoms with van der Waals surface area (Å²) in [6.07, 6.45) is -1.30. The van der Waals surface area contributed by atoms with Gasteiger partial charge in [-0.15, -0.1) is 0 Å². The molecule has 3 aliphatic heterocycles. The lowest BCUT2D eigenvalue weighted by Crippen LogP contribution is -2.54. The summed E-state index contributed by atoms with van der Waals surface area (Å²) in [5, 5.41) is 25.1. The fraction of sp³-hybridized carbons (Fsp3) is 0.240. The number of nitrogens with zero attached hydrogens (tertiary/aromatic N) is 2. The topological polar surface area (TPSA) is 189 Å². The zero-order valence-electron chi connectivity index (χ0n) is 34.9. The molecule has 3 heterocycles. The van der Waals surface area contributed by atoms with E-state index >= 15 is 4.79 Å². The number of urea groups is 1. The first-order chi connectivity index (χ1) is 30.9. The predicted octanol–water partition coefficient (Wildman–Crippen LogP) is 6.32. The second-order valence-electron chi connectivity index (χ2n) is 15.8. The number of benzene rings is 5. The van der Waals surface area contributed by atoms with E-state index in [4.69, 9.17) is 14.2 Å². The zero-order valence-corrected chi connectivity index (χ0v) is 34.9. The highest BCUT2D eigenvalue weighted by atomic mass is 16.6. The van der Waals surface area contributed by atoms with Crippen molar-refractivity contribution in [3.63, 3.8) is 0 Å². The number of nitrogens with one attached hydrogen (secondary N) is 1. The van der Waals surface area contributed by atoms with Gasteiger partial charge in [-0.1, -0.05) is 115 Å². The Morgan fingerprint density at radius 3 is 1.97 bits per heavy atom. The fourth-order valence-corrected chi connectivity index (χ4v) is 9.50. The number of anilines is 1. The Morgan fingerprint density at radius 1 is 0.781 bits per heavy atom. The Labute approximate surface area is 368 Å². The molecule has 5 aromatic carbocycles. The highest BCUT2D eigenvalue weighted by molar-refractivity contribution is 6.24. The van der Waals surface area contributed by atoms with E-state index < -0.39 is 83.3 Å². The van der Waals surface area contributed by atoms with Gasteiger partial charge in [0.2, 0.25) is 5.91 Å². The molecule has 2 saturated heterocycles. The van der Waals surface area contributed by atoms with Gasteiger partial charge < -0.3 is 29.7 Å². The second kappa shape index (κ2) is 17.5. The van der Waals surface area contributed by atoms with Crippen LogP contribution in [0.15, 0.2) is 133 Å². The summed E-state index contributed by atoms with van der Waals surface area (Å²) in [7, 11) is 2.26. The van der Waals surface area contributed by atoms with E-state index in [1.807, 2.05) is 66.7 Å². The summed E-state index contributed by atoms with van der Waals surface area (Å²) in [6, 6.07) is 32.5. The SMILES string of the molecule is COC(=O)C(CC#Cc1ccc2c(c1)[C@]1(C(=O)N2C(=O)N[C@H](C)c2ccccc2)[C@H](c2ccc(O)cc2)N2[C@H](c3ccccc3)[C@H](c3ccccc3)OC(=O)[C@H]2[C@@H]1C(=O)O)C(=O)OC. The van der Waals surface area contributed by atoms with Crippen LogP contribution in [0.25, 0.3) is 0 Å². The van der Waals surface area contributed by atoms with E-state index in [0.717, 1.165) is 24.7 Å². The molecule has 2 fully saturated rings. The third-order valence-electron chi connectivity index (χ3n) is 12.3. The van der Waals surface area contributed by atoms with Crippen molar-refractivity contribution >= 4 is 41.5 Å². The van der Waals surface area contributed by atoms with Gasteiger partial charge in [-0.2, -0.15) is 0 Å². The van der Waals surface area contributed by atoms with E-state index in [9.17, 15) is 34.2 Å². The van der Waals surface area contributed by atoms with Crippen molar-refractivity contribution in [2.75, 3.05) is 19.1 Å². The van der Waals surface area contributed by atoms with Crippen LogP contribution in [0.5, 0.6) is 5.75 Å². The molecular weight excluding hydrogens is 819 g/mol. The number of phenolic OH excluding ortho intramolecular Hbond substituents is 1. The molecule has 0 saturated carbocycles. The first-order valence-corrected chi connectivity index (χ1v) is 20.5. The van der Waals surface area contributed by atoms with E-state index in [1.165, 1.54) is 30.3 Å². The third kappa shape index (κ3) is 7.29. The molecule has 3 N–H and O–H groups in total. The van der Waals surface area contributed by atoms with E-state index in [-0.39, 0.29) is 29.0 Å². The molecule has 0 unspecified atom stereocenters. The van der Waals surface area contributed by atoms with Crippen molar-refractivity contribution < 1.29 is 53.2 Å². The smallest absolute Gasteiger partial charge is 0.329 e. The number of imide groups is 1. The number of esters is 3. The summed E-state index contributed by atoms with van der Waals surface area (Å²) in [4.78, 5) is 87.4. The number of phenols is 1. The van der Waals surface area contributed by atoms with Crippen LogP contribution in [0.3, 0.4) is 0 Å². The van der Waals surface area contributed by atoms with Crippen LogP contribution in [0, 0.1) is 23.7 Å². The Kier molecular flexibility index (Phi) is 11.8. The molecule has 0 bridgehead atoms. The maximum Gasteiger partial charge on any atom is 0.329 e. The highest BCUT2D eigenvalue weighted by Crippen LogP contribution is 2.66. The molecule has 8 rings (SSSR count). The molecule has 0 aliphatic carbocycles. The standard InChI is InChI=1S/C50H43N3O11/c1-29(31-15-7-4-8-16-31)51-49(61)52-38-27-22-30(14-13-21-36(45(57)62-2)46(58)63-3)28-37(38)50(48(52)60)39(44(55)56)41-47(59)64-42(33-19-11-6-12-20-33)40(32-17-9-5-10-18-32)53(41)43(50)34-23-25-35(54)26-24-34/h4-12,15-20,22-29,36,39-43,54H,21H2,1-3H3,(H,51,61)(H,55,56)/t29-,39-,40-,41-,42+,43+,50-/m1/s1. The van der Waals surface area contributed by atoms with Gasteiger partial charge in [-0.25, -0.2) is 9.69 Å². The number of morpholine rings is 1. The summed E-state index contributed by atoms with van der Waals surface area (Å²) in [6.45, 7) is 1.75. The number of amides is 3. The molecule has 324 valence electrons. The minimum Gasteiger partial charge on any atom is -0.508 e.